The van der Waals surface area contributed by atoms with E-state index < -0.39 is 0 Å². The lowest BCUT2D eigenvalue weighted by Crippen LogP contribution is -2.37. The summed E-state index contributed by atoms with van der Waals surface area (Å²) in [7, 11) is 1.63. The Bertz CT molecular complexity index is 1130. The third-order valence-corrected chi connectivity index (χ3v) is 6.68. The molecule has 1 fully saturated rings. The first-order valence-corrected chi connectivity index (χ1v) is 12.3. The molecule has 0 aliphatic heterocycles. The first-order valence-electron chi connectivity index (χ1n) is 11.4. The van der Waals surface area contributed by atoms with Gasteiger partial charge < -0.3 is 15.4 Å². The van der Waals surface area contributed by atoms with Gasteiger partial charge >= 0.3 is 0 Å². The number of amides is 2. The first kappa shape index (κ1) is 23.9. The zero-order valence-corrected chi connectivity index (χ0v) is 20.6. The Hall–Kier alpha value is -3.23. The Kier molecular flexibility index (Phi) is 7.59. The fraction of sp³-hybridized carbons (Fsp3) is 0.346. The van der Waals surface area contributed by atoms with E-state index in [9.17, 15) is 9.59 Å². The average molecular weight is 479 g/mol. The van der Waals surface area contributed by atoms with Gasteiger partial charge in [0.2, 0.25) is 11.8 Å². The summed E-state index contributed by atoms with van der Waals surface area (Å²) in [6.07, 6.45) is 2.44. The minimum Gasteiger partial charge on any atom is -0.497 e. The molecule has 2 aromatic carbocycles. The number of hydrogen-bond acceptors (Lipinski definition) is 6. The maximum absolute atomic E-state index is 12.7. The summed E-state index contributed by atoms with van der Waals surface area (Å²) in [5.74, 6) is 0.639. The number of ether oxygens (including phenoxy) is 1. The highest BCUT2D eigenvalue weighted by Gasteiger charge is 2.30. The average Bonchev–Trinajstić information content (AvgIpc) is 3.57. The fourth-order valence-electron chi connectivity index (χ4n) is 3.86. The van der Waals surface area contributed by atoms with Crippen LogP contribution in [0.15, 0.2) is 47.8 Å². The summed E-state index contributed by atoms with van der Waals surface area (Å²) in [5.41, 5.74) is 4.74. The quantitative estimate of drug-likeness (QED) is 0.434. The van der Waals surface area contributed by atoms with E-state index in [1.165, 1.54) is 11.3 Å². The molecule has 0 bridgehead atoms. The van der Waals surface area contributed by atoms with Crippen LogP contribution in [-0.2, 0) is 9.59 Å². The van der Waals surface area contributed by atoms with Crippen LogP contribution in [0.3, 0.4) is 0 Å². The molecule has 0 atom stereocenters. The molecule has 4 rings (SSSR count). The highest BCUT2D eigenvalue weighted by Crippen LogP contribution is 2.28. The van der Waals surface area contributed by atoms with Crippen molar-refractivity contribution in [2.75, 3.05) is 30.8 Å². The topological polar surface area (TPSA) is 83.6 Å². The van der Waals surface area contributed by atoms with Crippen LogP contribution in [0.2, 0.25) is 0 Å². The highest BCUT2D eigenvalue weighted by molar-refractivity contribution is 7.14. The molecule has 1 aliphatic rings. The van der Waals surface area contributed by atoms with Crippen molar-refractivity contribution >= 4 is 34.0 Å². The zero-order chi connectivity index (χ0) is 24.1. The molecular weight excluding hydrogens is 448 g/mol. The second kappa shape index (κ2) is 10.8. The third-order valence-electron chi connectivity index (χ3n) is 5.92. The highest BCUT2D eigenvalue weighted by atomic mass is 32.1. The number of carbonyl (C=O) groups is 2. The second-order valence-electron chi connectivity index (χ2n) is 8.58. The molecule has 3 aromatic rings. The van der Waals surface area contributed by atoms with Crippen molar-refractivity contribution in [3.05, 3.63) is 59.0 Å². The number of methoxy groups -OCH3 is 1. The van der Waals surface area contributed by atoms with E-state index in [0.29, 0.717) is 24.1 Å². The van der Waals surface area contributed by atoms with Gasteiger partial charge in [-0.25, -0.2) is 4.98 Å². The predicted molar refractivity (Wildman–Crippen MR) is 136 cm³/mol. The predicted octanol–water partition coefficient (Wildman–Crippen LogP) is 4.87. The van der Waals surface area contributed by atoms with E-state index in [0.717, 1.165) is 46.7 Å². The van der Waals surface area contributed by atoms with Gasteiger partial charge in [-0.2, -0.15) is 0 Å². The number of carbonyl (C=O) groups excluding carboxylic acids is 2. The molecule has 178 valence electrons. The summed E-state index contributed by atoms with van der Waals surface area (Å²) in [6.45, 7) is 4.80. The number of anilines is 2. The number of aromatic nitrogens is 1. The van der Waals surface area contributed by atoms with Gasteiger partial charge in [-0.3, -0.25) is 14.5 Å². The van der Waals surface area contributed by atoms with Crippen LogP contribution in [0.5, 0.6) is 5.75 Å². The molecule has 0 unspecified atom stereocenters. The van der Waals surface area contributed by atoms with Crippen molar-refractivity contribution in [3.63, 3.8) is 0 Å². The van der Waals surface area contributed by atoms with Crippen molar-refractivity contribution in [2.45, 2.75) is 39.2 Å². The summed E-state index contributed by atoms with van der Waals surface area (Å²) >= 11 is 1.40. The van der Waals surface area contributed by atoms with Crippen molar-refractivity contribution in [1.82, 2.24) is 9.88 Å². The Balaban J connectivity index is 1.29. The number of aryl methyl sites for hydroxylation is 2. The van der Waals surface area contributed by atoms with Gasteiger partial charge in [0, 0.05) is 35.6 Å². The molecule has 2 amide bonds. The molecule has 1 saturated carbocycles. The van der Waals surface area contributed by atoms with Crippen molar-refractivity contribution < 1.29 is 14.3 Å². The number of para-hydroxylation sites is 1. The summed E-state index contributed by atoms with van der Waals surface area (Å²) in [5, 5.41) is 8.43. The number of benzene rings is 2. The second-order valence-corrected chi connectivity index (χ2v) is 9.44. The van der Waals surface area contributed by atoms with Crippen LogP contribution < -0.4 is 15.4 Å². The van der Waals surface area contributed by atoms with E-state index in [1.54, 1.807) is 7.11 Å². The Morgan fingerprint density at radius 3 is 2.41 bits per heavy atom. The number of rotatable bonds is 10. The van der Waals surface area contributed by atoms with Gasteiger partial charge in [-0.1, -0.05) is 18.2 Å². The smallest absolute Gasteiger partial charge is 0.238 e. The minimum atomic E-state index is -0.101. The summed E-state index contributed by atoms with van der Waals surface area (Å²) < 4.78 is 5.19. The molecule has 34 heavy (non-hydrogen) atoms. The molecule has 8 heteroatoms. The molecule has 0 spiro atoms. The minimum absolute atomic E-state index is 0.0474. The van der Waals surface area contributed by atoms with Gasteiger partial charge in [-0.05, 0) is 62.1 Å². The van der Waals surface area contributed by atoms with E-state index in [4.69, 9.17) is 4.74 Å². The first-order chi connectivity index (χ1) is 16.4. The molecule has 1 aromatic heterocycles. The maximum Gasteiger partial charge on any atom is 0.238 e. The van der Waals surface area contributed by atoms with E-state index in [2.05, 4.69) is 20.5 Å². The van der Waals surface area contributed by atoms with Crippen molar-refractivity contribution in [1.29, 1.82) is 0 Å². The van der Waals surface area contributed by atoms with E-state index >= 15 is 0 Å². The molecule has 7 nitrogen and oxygen atoms in total. The lowest BCUT2D eigenvalue weighted by Gasteiger charge is -2.21. The SMILES string of the molecule is COc1ccc(-c2csc(NC(=O)CCN(CC(=O)Nc3c(C)cccc3C)C3CC3)n2)cc1. The number of nitrogens with one attached hydrogen (secondary N) is 2. The largest absolute Gasteiger partial charge is 0.497 e. The molecule has 0 saturated heterocycles. The summed E-state index contributed by atoms with van der Waals surface area (Å²) in [6, 6.07) is 14.0. The Morgan fingerprint density at radius 1 is 1.06 bits per heavy atom. The molecule has 1 aliphatic carbocycles. The van der Waals surface area contributed by atoms with Gasteiger partial charge in [0.15, 0.2) is 5.13 Å². The Labute approximate surface area is 204 Å². The summed E-state index contributed by atoms with van der Waals surface area (Å²) in [4.78, 5) is 31.9. The van der Waals surface area contributed by atoms with E-state index in [1.807, 2.05) is 61.7 Å². The van der Waals surface area contributed by atoms with Gasteiger partial charge in [0.1, 0.15) is 5.75 Å². The normalized spacial score (nSPS) is 13.1. The van der Waals surface area contributed by atoms with Crippen LogP contribution in [-0.4, -0.2) is 47.9 Å². The molecular formula is C26H30N4O3S. The zero-order valence-electron chi connectivity index (χ0n) is 19.8. The maximum atomic E-state index is 12.7. The van der Waals surface area contributed by atoms with Crippen LogP contribution in [0, 0.1) is 13.8 Å². The number of hydrogen-bond donors (Lipinski definition) is 2. The number of thiazole rings is 1. The van der Waals surface area contributed by atoms with E-state index in [-0.39, 0.29) is 18.4 Å². The molecule has 1 heterocycles. The standard InChI is InChI=1S/C26H30N4O3S/c1-17-5-4-6-18(2)25(17)28-24(32)15-30(20-9-10-20)14-13-23(31)29-26-27-22(16-34-26)19-7-11-21(33-3)12-8-19/h4-8,11-12,16,20H,9-10,13-15H2,1-3H3,(H,28,32)(H,27,29,31). The lowest BCUT2D eigenvalue weighted by molar-refractivity contribution is -0.119. The van der Waals surface area contributed by atoms with Crippen molar-refractivity contribution in [3.8, 4) is 17.0 Å². The number of nitrogens with zero attached hydrogens (tertiary/aromatic N) is 2. The van der Waals surface area contributed by atoms with Crippen molar-refractivity contribution in [2.24, 2.45) is 0 Å². The van der Waals surface area contributed by atoms with Gasteiger partial charge in [-0.15, -0.1) is 11.3 Å². The van der Waals surface area contributed by atoms with Crippen LogP contribution in [0.4, 0.5) is 10.8 Å². The molecule has 2 N–H and O–H groups in total. The van der Waals surface area contributed by atoms with Gasteiger partial charge in [0.25, 0.3) is 0 Å². The third kappa shape index (κ3) is 6.21. The van der Waals surface area contributed by atoms with Gasteiger partial charge in [0.05, 0.1) is 19.3 Å². The molecule has 0 radical (unpaired) electrons. The van der Waals surface area contributed by atoms with Crippen LogP contribution >= 0.6 is 11.3 Å². The fourth-order valence-corrected chi connectivity index (χ4v) is 4.59. The van der Waals surface area contributed by atoms with Crippen LogP contribution in [0.1, 0.15) is 30.4 Å². The monoisotopic (exact) mass is 478 g/mol. The Morgan fingerprint density at radius 2 is 1.76 bits per heavy atom. The lowest BCUT2D eigenvalue weighted by atomic mass is 10.1. The van der Waals surface area contributed by atoms with Crippen LogP contribution in [0.25, 0.3) is 11.3 Å².